The minimum atomic E-state index is -0.245. The maximum atomic E-state index is 12.6. The Hall–Kier alpha value is -3.61. The van der Waals surface area contributed by atoms with Gasteiger partial charge in [0.2, 0.25) is 0 Å². The molecule has 0 bridgehead atoms. The van der Waals surface area contributed by atoms with Crippen LogP contribution >= 0.6 is 0 Å². The lowest BCUT2D eigenvalue weighted by Gasteiger charge is -2.10. The van der Waals surface area contributed by atoms with E-state index in [0.29, 0.717) is 16.8 Å². The standard InChI is InChI=1S/C18H14N6O/c1-12-9-22-24(11-12)17-4-5-19-10-16(17)23-18(25)13-2-3-14-15(8-13)21-7-6-20-14/h2-11H,1H3,(H,23,25). The first-order chi connectivity index (χ1) is 12.2. The van der Waals surface area contributed by atoms with Crippen molar-refractivity contribution in [3.05, 3.63) is 72.6 Å². The maximum Gasteiger partial charge on any atom is 0.255 e. The fourth-order valence-corrected chi connectivity index (χ4v) is 2.53. The number of nitrogens with one attached hydrogen (secondary N) is 1. The Balaban J connectivity index is 1.66. The van der Waals surface area contributed by atoms with Gasteiger partial charge in [0.05, 0.1) is 34.8 Å². The third-order valence-corrected chi connectivity index (χ3v) is 3.74. The Morgan fingerprint density at radius 3 is 2.68 bits per heavy atom. The van der Waals surface area contributed by atoms with Crippen molar-refractivity contribution in [2.24, 2.45) is 0 Å². The van der Waals surface area contributed by atoms with Crippen LogP contribution in [0.3, 0.4) is 0 Å². The van der Waals surface area contributed by atoms with E-state index in [-0.39, 0.29) is 5.91 Å². The molecule has 0 atom stereocenters. The van der Waals surface area contributed by atoms with E-state index in [2.05, 4.69) is 25.4 Å². The van der Waals surface area contributed by atoms with E-state index in [9.17, 15) is 4.79 Å². The van der Waals surface area contributed by atoms with E-state index in [1.165, 1.54) is 0 Å². The lowest BCUT2D eigenvalue weighted by atomic mass is 10.1. The first-order valence-electron chi connectivity index (χ1n) is 7.68. The van der Waals surface area contributed by atoms with Crippen molar-refractivity contribution in [2.75, 3.05) is 5.32 Å². The number of nitrogens with zero attached hydrogens (tertiary/aromatic N) is 5. The molecule has 3 aromatic heterocycles. The molecule has 0 aliphatic heterocycles. The largest absolute Gasteiger partial charge is 0.319 e. The van der Waals surface area contributed by atoms with Crippen molar-refractivity contribution in [3.63, 3.8) is 0 Å². The zero-order valence-corrected chi connectivity index (χ0v) is 13.4. The van der Waals surface area contributed by atoms with Crippen LogP contribution in [0.4, 0.5) is 5.69 Å². The van der Waals surface area contributed by atoms with Gasteiger partial charge in [0.25, 0.3) is 5.91 Å². The molecule has 4 rings (SSSR count). The van der Waals surface area contributed by atoms with Crippen LogP contribution in [-0.2, 0) is 0 Å². The number of carbonyl (C=O) groups excluding carboxylic acids is 1. The van der Waals surface area contributed by atoms with E-state index in [1.807, 2.05) is 13.1 Å². The molecular weight excluding hydrogens is 316 g/mol. The Bertz CT molecular complexity index is 1070. The smallest absolute Gasteiger partial charge is 0.255 e. The summed E-state index contributed by atoms with van der Waals surface area (Å²) in [6, 6.07) is 7.01. The molecule has 0 aliphatic rings. The van der Waals surface area contributed by atoms with Gasteiger partial charge in [0.1, 0.15) is 0 Å². The van der Waals surface area contributed by atoms with Crippen LogP contribution in [0.15, 0.2) is 61.4 Å². The molecule has 4 aromatic rings. The van der Waals surface area contributed by atoms with Crippen molar-refractivity contribution < 1.29 is 4.79 Å². The second-order valence-electron chi connectivity index (χ2n) is 5.57. The molecule has 122 valence electrons. The van der Waals surface area contributed by atoms with E-state index in [0.717, 1.165) is 16.8 Å². The molecule has 7 heteroatoms. The normalized spacial score (nSPS) is 10.8. The number of carbonyl (C=O) groups is 1. The summed E-state index contributed by atoms with van der Waals surface area (Å²) in [6.07, 6.45) is 10.1. The van der Waals surface area contributed by atoms with Crippen LogP contribution in [0.1, 0.15) is 15.9 Å². The van der Waals surface area contributed by atoms with Gasteiger partial charge in [-0.3, -0.25) is 19.7 Å². The zero-order chi connectivity index (χ0) is 17.2. The van der Waals surface area contributed by atoms with Crippen molar-refractivity contribution >= 4 is 22.6 Å². The van der Waals surface area contributed by atoms with E-state index in [1.54, 1.807) is 59.9 Å². The number of pyridine rings is 1. The predicted octanol–water partition coefficient (Wildman–Crippen LogP) is 2.77. The Morgan fingerprint density at radius 1 is 1.04 bits per heavy atom. The molecule has 25 heavy (non-hydrogen) atoms. The van der Waals surface area contributed by atoms with Gasteiger partial charge in [-0.25, -0.2) is 4.68 Å². The Kier molecular flexibility index (Phi) is 3.66. The number of rotatable bonds is 3. The minimum Gasteiger partial charge on any atom is -0.319 e. The quantitative estimate of drug-likeness (QED) is 0.624. The first-order valence-corrected chi connectivity index (χ1v) is 7.68. The highest BCUT2D eigenvalue weighted by atomic mass is 16.1. The molecule has 0 saturated carbocycles. The summed E-state index contributed by atoms with van der Waals surface area (Å²) in [5.74, 6) is -0.245. The van der Waals surface area contributed by atoms with Gasteiger partial charge in [0.15, 0.2) is 0 Å². The molecule has 0 radical (unpaired) electrons. The number of aromatic nitrogens is 5. The van der Waals surface area contributed by atoms with Gasteiger partial charge in [-0.15, -0.1) is 0 Å². The Labute approximate surface area is 143 Å². The van der Waals surface area contributed by atoms with Crippen LogP contribution in [0.25, 0.3) is 16.7 Å². The maximum absolute atomic E-state index is 12.6. The summed E-state index contributed by atoms with van der Waals surface area (Å²) in [5.41, 5.74) is 4.27. The summed E-state index contributed by atoms with van der Waals surface area (Å²) in [7, 11) is 0. The molecular formula is C18H14N6O. The first kappa shape index (κ1) is 14.9. The monoisotopic (exact) mass is 330 g/mol. The molecule has 0 spiro atoms. The van der Waals surface area contributed by atoms with Gasteiger partial charge >= 0.3 is 0 Å². The van der Waals surface area contributed by atoms with Crippen LogP contribution < -0.4 is 5.32 Å². The fraction of sp³-hybridized carbons (Fsp3) is 0.0556. The number of anilines is 1. The van der Waals surface area contributed by atoms with Crippen LogP contribution in [0, 0.1) is 6.92 Å². The average Bonchev–Trinajstić information content (AvgIpc) is 3.08. The van der Waals surface area contributed by atoms with Gasteiger partial charge in [-0.05, 0) is 36.8 Å². The van der Waals surface area contributed by atoms with Crippen molar-refractivity contribution in [2.45, 2.75) is 6.92 Å². The van der Waals surface area contributed by atoms with Gasteiger partial charge in [0, 0.05) is 30.4 Å². The minimum absolute atomic E-state index is 0.245. The topological polar surface area (TPSA) is 85.6 Å². The highest BCUT2D eigenvalue weighted by molar-refractivity contribution is 6.06. The van der Waals surface area contributed by atoms with E-state index >= 15 is 0 Å². The van der Waals surface area contributed by atoms with Crippen molar-refractivity contribution in [3.8, 4) is 5.69 Å². The van der Waals surface area contributed by atoms with E-state index < -0.39 is 0 Å². The molecule has 0 saturated heterocycles. The second kappa shape index (κ2) is 6.12. The number of hydrogen-bond acceptors (Lipinski definition) is 5. The number of fused-ring (bicyclic) bond motifs is 1. The third kappa shape index (κ3) is 2.94. The molecule has 1 N–H and O–H groups in total. The highest BCUT2D eigenvalue weighted by Crippen LogP contribution is 2.20. The lowest BCUT2D eigenvalue weighted by Crippen LogP contribution is -2.14. The van der Waals surface area contributed by atoms with Crippen molar-refractivity contribution in [1.82, 2.24) is 24.7 Å². The molecule has 7 nitrogen and oxygen atoms in total. The molecule has 1 aromatic carbocycles. The molecule has 0 fully saturated rings. The molecule has 3 heterocycles. The third-order valence-electron chi connectivity index (χ3n) is 3.74. The molecule has 0 aliphatic carbocycles. The summed E-state index contributed by atoms with van der Waals surface area (Å²) in [4.78, 5) is 25.2. The molecule has 0 unspecified atom stereocenters. The van der Waals surface area contributed by atoms with Crippen LogP contribution in [0.2, 0.25) is 0 Å². The van der Waals surface area contributed by atoms with Crippen LogP contribution in [0.5, 0.6) is 0 Å². The second-order valence-corrected chi connectivity index (χ2v) is 5.57. The fourth-order valence-electron chi connectivity index (χ4n) is 2.53. The zero-order valence-electron chi connectivity index (χ0n) is 13.4. The van der Waals surface area contributed by atoms with E-state index in [4.69, 9.17) is 0 Å². The lowest BCUT2D eigenvalue weighted by molar-refractivity contribution is 0.102. The van der Waals surface area contributed by atoms with Gasteiger partial charge < -0.3 is 5.32 Å². The number of hydrogen-bond donors (Lipinski definition) is 1. The number of amides is 1. The molecule has 1 amide bonds. The number of benzene rings is 1. The van der Waals surface area contributed by atoms with Crippen LogP contribution in [-0.4, -0.2) is 30.6 Å². The SMILES string of the molecule is Cc1cnn(-c2ccncc2NC(=O)c2ccc3nccnc3c2)c1. The van der Waals surface area contributed by atoms with Gasteiger partial charge in [-0.1, -0.05) is 0 Å². The van der Waals surface area contributed by atoms with Gasteiger partial charge in [-0.2, -0.15) is 5.10 Å². The summed E-state index contributed by atoms with van der Waals surface area (Å²) in [5, 5.41) is 7.18. The van der Waals surface area contributed by atoms with Crippen molar-refractivity contribution in [1.29, 1.82) is 0 Å². The summed E-state index contributed by atoms with van der Waals surface area (Å²) < 4.78 is 1.71. The summed E-state index contributed by atoms with van der Waals surface area (Å²) >= 11 is 0. The summed E-state index contributed by atoms with van der Waals surface area (Å²) in [6.45, 7) is 1.96. The highest BCUT2D eigenvalue weighted by Gasteiger charge is 2.12. The predicted molar refractivity (Wildman–Crippen MR) is 93.6 cm³/mol. The number of aryl methyl sites for hydroxylation is 1. The average molecular weight is 330 g/mol. The Morgan fingerprint density at radius 2 is 1.88 bits per heavy atom.